The van der Waals surface area contributed by atoms with Crippen molar-refractivity contribution in [3.05, 3.63) is 69.5 Å². The summed E-state index contributed by atoms with van der Waals surface area (Å²) in [4.78, 5) is 15.2. The van der Waals surface area contributed by atoms with Crippen molar-refractivity contribution in [3.63, 3.8) is 0 Å². The van der Waals surface area contributed by atoms with Crippen molar-refractivity contribution in [1.82, 2.24) is 4.98 Å². The molecule has 118 valence electrons. The Morgan fingerprint density at radius 1 is 1.04 bits per heavy atom. The molecule has 0 radical (unpaired) electrons. The molecule has 0 aliphatic heterocycles. The van der Waals surface area contributed by atoms with Gasteiger partial charge in [0.15, 0.2) is 0 Å². The van der Waals surface area contributed by atoms with E-state index in [2.05, 4.69) is 36.3 Å². The smallest absolute Gasteiger partial charge is 0.253 e. The molecule has 0 aliphatic rings. The van der Waals surface area contributed by atoms with Crippen molar-refractivity contribution in [2.75, 3.05) is 12.4 Å². The van der Waals surface area contributed by atoms with E-state index in [1.54, 1.807) is 7.11 Å². The third-order valence-electron chi connectivity index (χ3n) is 4.12. The van der Waals surface area contributed by atoms with E-state index in [9.17, 15) is 4.79 Å². The van der Waals surface area contributed by atoms with E-state index in [1.807, 2.05) is 30.3 Å². The molecule has 0 saturated heterocycles. The molecule has 0 amide bonds. The number of aromatic amines is 1. The van der Waals surface area contributed by atoms with Gasteiger partial charge in [0.25, 0.3) is 5.56 Å². The molecule has 1 aromatic heterocycles. The van der Waals surface area contributed by atoms with Crippen LogP contribution in [0.15, 0.2) is 47.3 Å². The van der Waals surface area contributed by atoms with Gasteiger partial charge in [-0.25, -0.2) is 0 Å². The largest absolute Gasteiger partial charge is 0.497 e. The second-order valence-corrected chi connectivity index (χ2v) is 5.73. The molecule has 2 aromatic carbocycles. The van der Waals surface area contributed by atoms with Crippen LogP contribution in [0.2, 0.25) is 0 Å². The summed E-state index contributed by atoms with van der Waals surface area (Å²) < 4.78 is 5.18. The number of anilines is 1. The van der Waals surface area contributed by atoms with Gasteiger partial charge in [0.1, 0.15) is 5.75 Å². The second kappa shape index (κ2) is 6.16. The van der Waals surface area contributed by atoms with Crippen LogP contribution in [0.3, 0.4) is 0 Å². The highest BCUT2D eigenvalue weighted by atomic mass is 16.5. The zero-order valence-corrected chi connectivity index (χ0v) is 13.6. The number of aryl methyl sites for hydroxylation is 2. The number of benzene rings is 2. The highest BCUT2D eigenvalue weighted by Crippen LogP contribution is 2.19. The van der Waals surface area contributed by atoms with E-state index in [0.717, 1.165) is 22.3 Å². The summed E-state index contributed by atoms with van der Waals surface area (Å²) in [5, 5.41) is 4.30. The molecule has 2 N–H and O–H groups in total. The third kappa shape index (κ3) is 3.21. The molecule has 0 saturated carbocycles. The molecule has 23 heavy (non-hydrogen) atoms. The van der Waals surface area contributed by atoms with Crippen molar-refractivity contribution in [2.45, 2.75) is 20.4 Å². The van der Waals surface area contributed by atoms with Crippen molar-refractivity contribution in [1.29, 1.82) is 0 Å². The lowest BCUT2D eigenvalue weighted by Crippen LogP contribution is -2.15. The summed E-state index contributed by atoms with van der Waals surface area (Å²) in [5.41, 5.74) is 4.91. The minimum atomic E-state index is -0.0814. The minimum absolute atomic E-state index is 0.0814. The number of H-pyrrole nitrogens is 1. The van der Waals surface area contributed by atoms with Gasteiger partial charge < -0.3 is 15.0 Å². The minimum Gasteiger partial charge on any atom is -0.497 e. The normalized spacial score (nSPS) is 10.7. The van der Waals surface area contributed by atoms with Gasteiger partial charge >= 0.3 is 0 Å². The Hall–Kier alpha value is -2.75. The maximum atomic E-state index is 12.2. The molecule has 0 fully saturated rings. The van der Waals surface area contributed by atoms with Gasteiger partial charge in [-0.15, -0.1) is 0 Å². The van der Waals surface area contributed by atoms with Crippen LogP contribution in [0.4, 0.5) is 5.69 Å². The highest BCUT2D eigenvalue weighted by Gasteiger charge is 2.05. The maximum absolute atomic E-state index is 12.2. The Balaban J connectivity index is 1.86. The van der Waals surface area contributed by atoms with E-state index in [-0.39, 0.29) is 5.56 Å². The molecule has 4 nitrogen and oxygen atoms in total. The lowest BCUT2D eigenvalue weighted by molar-refractivity contribution is 0.415. The summed E-state index contributed by atoms with van der Waals surface area (Å²) in [6.45, 7) is 4.65. The first-order valence-electron chi connectivity index (χ1n) is 7.58. The van der Waals surface area contributed by atoms with Crippen LogP contribution >= 0.6 is 0 Å². The zero-order valence-electron chi connectivity index (χ0n) is 13.6. The first kappa shape index (κ1) is 15.2. The Bertz CT molecular complexity index is 913. The molecular formula is C19H20N2O2. The Kier molecular flexibility index (Phi) is 4.06. The molecule has 3 rings (SSSR count). The standard InChI is InChI=1S/C19H20N2O2/c1-12-4-6-16(8-13(12)2)20-11-15-9-14-5-7-17(23-3)10-18(14)21-19(15)22/h4-10,20H,11H2,1-3H3,(H,21,22). The molecule has 0 atom stereocenters. The molecule has 0 bridgehead atoms. The van der Waals surface area contributed by atoms with Crippen LogP contribution in [-0.2, 0) is 6.54 Å². The maximum Gasteiger partial charge on any atom is 0.253 e. The molecule has 1 heterocycles. The third-order valence-corrected chi connectivity index (χ3v) is 4.12. The van der Waals surface area contributed by atoms with Crippen LogP contribution in [-0.4, -0.2) is 12.1 Å². The van der Waals surface area contributed by atoms with Crippen molar-refractivity contribution >= 4 is 16.6 Å². The number of methoxy groups -OCH3 is 1. The Labute approximate surface area is 135 Å². The predicted molar refractivity (Wildman–Crippen MR) is 94.4 cm³/mol. The summed E-state index contributed by atoms with van der Waals surface area (Å²) in [5.74, 6) is 0.731. The number of aromatic nitrogens is 1. The number of hydrogen-bond donors (Lipinski definition) is 2. The fourth-order valence-electron chi connectivity index (χ4n) is 2.53. The topological polar surface area (TPSA) is 54.1 Å². The van der Waals surface area contributed by atoms with Gasteiger partial charge in [-0.3, -0.25) is 4.79 Å². The predicted octanol–water partition coefficient (Wildman–Crippen LogP) is 3.77. The fraction of sp³-hybridized carbons (Fsp3) is 0.211. The number of pyridine rings is 1. The molecule has 4 heteroatoms. The van der Waals surface area contributed by atoms with Crippen LogP contribution in [0.1, 0.15) is 16.7 Å². The molecule has 3 aromatic rings. The van der Waals surface area contributed by atoms with Crippen molar-refractivity contribution in [3.8, 4) is 5.75 Å². The van der Waals surface area contributed by atoms with Gasteiger partial charge in [-0.05, 0) is 60.7 Å². The molecular weight excluding hydrogens is 288 g/mol. The first-order chi connectivity index (χ1) is 11.1. The summed E-state index contributed by atoms with van der Waals surface area (Å²) in [6.07, 6.45) is 0. The number of rotatable bonds is 4. The first-order valence-corrected chi connectivity index (χ1v) is 7.58. The van der Waals surface area contributed by atoms with Gasteiger partial charge in [0, 0.05) is 23.9 Å². The molecule has 0 unspecified atom stereocenters. The van der Waals surface area contributed by atoms with Crippen LogP contribution in [0, 0.1) is 13.8 Å². The van der Waals surface area contributed by atoms with Crippen LogP contribution in [0.25, 0.3) is 10.9 Å². The highest BCUT2D eigenvalue weighted by molar-refractivity contribution is 5.80. The average Bonchev–Trinajstić information content (AvgIpc) is 2.55. The van der Waals surface area contributed by atoms with Gasteiger partial charge in [0.2, 0.25) is 0 Å². The van der Waals surface area contributed by atoms with Crippen LogP contribution in [0.5, 0.6) is 5.75 Å². The zero-order chi connectivity index (χ0) is 16.4. The second-order valence-electron chi connectivity index (χ2n) is 5.73. The summed E-state index contributed by atoms with van der Waals surface area (Å²) in [7, 11) is 1.61. The monoisotopic (exact) mass is 308 g/mol. The summed E-state index contributed by atoms with van der Waals surface area (Å²) >= 11 is 0. The summed E-state index contributed by atoms with van der Waals surface area (Å²) in [6, 6.07) is 13.8. The van der Waals surface area contributed by atoms with Crippen LogP contribution < -0.4 is 15.6 Å². The Morgan fingerprint density at radius 3 is 2.61 bits per heavy atom. The lowest BCUT2D eigenvalue weighted by Gasteiger charge is -2.09. The van der Waals surface area contributed by atoms with E-state index >= 15 is 0 Å². The average molecular weight is 308 g/mol. The number of nitrogens with one attached hydrogen (secondary N) is 2. The Morgan fingerprint density at radius 2 is 1.87 bits per heavy atom. The number of ether oxygens (including phenoxy) is 1. The number of hydrogen-bond acceptors (Lipinski definition) is 3. The van der Waals surface area contributed by atoms with E-state index in [4.69, 9.17) is 4.74 Å². The molecule has 0 spiro atoms. The van der Waals surface area contributed by atoms with Crippen molar-refractivity contribution < 1.29 is 4.74 Å². The van der Waals surface area contributed by atoms with E-state index in [0.29, 0.717) is 12.1 Å². The van der Waals surface area contributed by atoms with Gasteiger partial charge in [0.05, 0.1) is 12.6 Å². The van der Waals surface area contributed by atoms with Gasteiger partial charge in [-0.1, -0.05) is 6.07 Å². The SMILES string of the molecule is COc1ccc2cc(CNc3ccc(C)c(C)c3)c(=O)[nH]c2c1. The van der Waals surface area contributed by atoms with Gasteiger partial charge in [-0.2, -0.15) is 0 Å². The number of fused-ring (bicyclic) bond motifs is 1. The quantitative estimate of drug-likeness (QED) is 0.771. The fourth-order valence-corrected chi connectivity index (χ4v) is 2.53. The van der Waals surface area contributed by atoms with E-state index in [1.165, 1.54) is 11.1 Å². The lowest BCUT2D eigenvalue weighted by atomic mass is 10.1. The molecule has 0 aliphatic carbocycles. The van der Waals surface area contributed by atoms with E-state index < -0.39 is 0 Å². The van der Waals surface area contributed by atoms with Crippen molar-refractivity contribution in [2.24, 2.45) is 0 Å².